The molecule has 3 aromatic carbocycles. The van der Waals surface area contributed by atoms with Crippen LogP contribution in [0.5, 0.6) is 0 Å². The monoisotopic (exact) mass is 803 g/mol. The Labute approximate surface area is 326 Å². The van der Waals surface area contributed by atoms with Gasteiger partial charge in [-0.25, -0.2) is 21.5 Å². The summed E-state index contributed by atoms with van der Waals surface area (Å²) >= 11 is 0.764. The molecule has 0 saturated carbocycles. The van der Waals surface area contributed by atoms with Gasteiger partial charge in [-0.2, -0.15) is 5.10 Å². The number of carbonyl (C=O) groups is 2. The zero-order valence-electron chi connectivity index (χ0n) is 31.0. The number of hydrogen-bond acceptors (Lipinski definition) is 9. The predicted octanol–water partition coefficient (Wildman–Crippen LogP) is 6.48. The fraction of sp³-hybridized carbons (Fsp3) is 0.325. The molecular formula is C40H45N5O7S3. The summed E-state index contributed by atoms with van der Waals surface area (Å²) in [6.45, 7) is 7.04. The molecule has 2 amide bonds. The number of benzene rings is 3. The average molecular weight is 804 g/mol. The number of aryl methyl sites for hydroxylation is 1. The second-order valence-electron chi connectivity index (χ2n) is 13.6. The van der Waals surface area contributed by atoms with Gasteiger partial charge in [0, 0.05) is 36.4 Å². The maximum absolute atomic E-state index is 14.7. The Kier molecular flexibility index (Phi) is 12.2. The molecule has 0 radical (unpaired) electrons. The molecule has 1 aliphatic rings. The van der Waals surface area contributed by atoms with E-state index >= 15 is 0 Å². The van der Waals surface area contributed by atoms with E-state index in [2.05, 4.69) is 18.6 Å². The summed E-state index contributed by atoms with van der Waals surface area (Å²) in [5, 5.41) is 16.4. The molecule has 6 rings (SSSR count). The molecule has 290 valence electrons. The maximum atomic E-state index is 14.7. The molecule has 2 N–H and O–H groups in total. The number of fused-ring (bicyclic) bond motifs is 1. The van der Waals surface area contributed by atoms with Crippen molar-refractivity contribution in [1.82, 2.24) is 19.6 Å². The highest BCUT2D eigenvalue weighted by Crippen LogP contribution is 2.32. The van der Waals surface area contributed by atoms with Gasteiger partial charge in [0.1, 0.15) is 4.21 Å². The first kappa shape index (κ1) is 39.9. The number of nitrogens with zero attached hydrogens (tertiary/aromatic N) is 4. The first-order valence-electron chi connectivity index (χ1n) is 18.3. The number of aliphatic hydroxyl groups excluding tert-OH is 1. The Morgan fingerprint density at radius 2 is 1.56 bits per heavy atom. The quantitative estimate of drug-likeness (QED) is 0.122. The second-order valence-corrected chi connectivity index (χ2v) is 18.3. The minimum Gasteiger partial charge on any atom is -0.394 e. The van der Waals surface area contributed by atoms with Crippen LogP contribution in [0.3, 0.4) is 0 Å². The number of anilines is 1. The fourth-order valence-corrected chi connectivity index (χ4v) is 10.6. The number of sulfone groups is 1. The predicted molar refractivity (Wildman–Crippen MR) is 212 cm³/mol. The normalized spacial score (nSPS) is 14.4. The number of hydrogen-bond donors (Lipinski definition) is 2. The number of unbranched alkanes of at least 4 members (excludes halogenated alkanes) is 2. The minimum absolute atomic E-state index is 0.0402. The summed E-state index contributed by atoms with van der Waals surface area (Å²) < 4.78 is 57.7. The van der Waals surface area contributed by atoms with Crippen LogP contribution in [0, 0.1) is 6.92 Å². The first-order chi connectivity index (χ1) is 26.4. The van der Waals surface area contributed by atoms with Gasteiger partial charge in [0.15, 0.2) is 5.69 Å². The molecule has 0 bridgehead atoms. The van der Waals surface area contributed by atoms with E-state index in [1.807, 2.05) is 24.3 Å². The van der Waals surface area contributed by atoms with Gasteiger partial charge in [-0.3, -0.25) is 14.3 Å². The summed E-state index contributed by atoms with van der Waals surface area (Å²) in [6, 6.07) is 22.2. The standard InChI is InChI=1S/C40H45N5O7S3/c1-4-6-19-43(20-7-5-2)40(48)36-21-28(3)45(41-36)37-18-17-31(23-35(37)39(47)44-25-30-14-12-11-13-29(30)22-32(44)26-46)42-55(51,52)38-24-34(27-53-38)54(49,50)33-15-9-8-10-16-33/h8-18,21,23-24,27,32,42,46H,4-7,19-20,22,25-26H2,1-3H3/t32-/m0/s1. The van der Waals surface area contributed by atoms with E-state index in [0.29, 0.717) is 30.9 Å². The van der Waals surface area contributed by atoms with Crippen molar-refractivity contribution in [3.63, 3.8) is 0 Å². The van der Waals surface area contributed by atoms with Crippen molar-refractivity contribution >= 4 is 48.7 Å². The van der Waals surface area contributed by atoms with Gasteiger partial charge < -0.3 is 14.9 Å². The lowest BCUT2D eigenvalue weighted by Crippen LogP contribution is -2.46. The van der Waals surface area contributed by atoms with Crippen LogP contribution in [0.25, 0.3) is 5.69 Å². The fourth-order valence-electron chi connectivity index (χ4n) is 6.62. The average Bonchev–Trinajstić information content (AvgIpc) is 3.86. The van der Waals surface area contributed by atoms with Crippen LogP contribution < -0.4 is 4.72 Å². The number of nitrogens with one attached hydrogen (secondary N) is 1. The smallest absolute Gasteiger partial charge is 0.274 e. The molecule has 5 aromatic rings. The highest BCUT2D eigenvalue weighted by molar-refractivity contribution is 7.95. The van der Waals surface area contributed by atoms with Crippen LogP contribution in [-0.2, 0) is 32.8 Å². The van der Waals surface area contributed by atoms with E-state index in [4.69, 9.17) is 5.10 Å². The van der Waals surface area contributed by atoms with Gasteiger partial charge in [-0.1, -0.05) is 69.2 Å². The van der Waals surface area contributed by atoms with Crippen LogP contribution in [0.1, 0.15) is 77.2 Å². The largest absolute Gasteiger partial charge is 0.394 e. The second kappa shape index (κ2) is 16.9. The minimum atomic E-state index is -4.31. The molecule has 55 heavy (non-hydrogen) atoms. The molecule has 1 atom stereocenters. The Morgan fingerprint density at radius 3 is 2.24 bits per heavy atom. The lowest BCUT2D eigenvalue weighted by Gasteiger charge is -2.36. The van der Waals surface area contributed by atoms with Gasteiger partial charge in [0.2, 0.25) is 9.84 Å². The van der Waals surface area contributed by atoms with E-state index in [1.54, 1.807) is 47.1 Å². The molecule has 15 heteroatoms. The third-order valence-electron chi connectivity index (χ3n) is 9.67. The molecule has 0 aliphatic carbocycles. The third kappa shape index (κ3) is 8.54. The van der Waals surface area contributed by atoms with Crippen LogP contribution in [0.2, 0.25) is 0 Å². The Hall–Kier alpha value is -4.83. The van der Waals surface area contributed by atoms with Crippen LogP contribution in [-0.4, -0.2) is 79.1 Å². The van der Waals surface area contributed by atoms with Gasteiger partial charge in [0.05, 0.1) is 33.7 Å². The molecule has 0 spiro atoms. The Bertz CT molecular complexity index is 2380. The Balaban J connectivity index is 1.38. The number of rotatable bonds is 15. The third-order valence-corrected chi connectivity index (χ3v) is 14.4. The van der Waals surface area contributed by atoms with Crippen LogP contribution >= 0.6 is 11.3 Å². The topological polar surface area (TPSA) is 159 Å². The number of thiophene rings is 1. The summed E-state index contributed by atoms with van der Waals surface area (Å²) in [5.74, 6) is -0.675. The van der Waals surface area contributed by atoms with Crippen molar-refractivity contribution in [2.24, 2.45) is 0 Å². The van der Waals surface area contributed by atoms with Crippen molar-refractivity contribution in [2.75, 3.05) is 24.4 Å². The summed E-state index contributed by atoms with van der Waals surface area (Å²) in [5.41, 5.74) is 3.24. The number of sulfonamides is 1. The first-order valence-corrected chi connectivity index (χ1v) is 22.1. The van der Waals surface area contributed by atoms with E-state index in [9.17, 15) is 31.5 Å². The zero-order valence-corrected chi connectivity index (χ0v) is 33.5. The SMILES string of the molecule is CCCCN(CCCC)C(=O)c1cc(C)n(-c2ccc(NS(=O)(=O)c3cc(S(=O)(=O)c4ccccc4)cs3)cc2C(=O)N2Cc3ccccc3C[C@H]2CO)n1. The summed E-state index contributed by atoms with van der Waals surface area (Å²) in [4.78, 5) is 31.7. The zero-order chi connectivity index (χ0) is 39.3. The highest BCUT2D eigenvalue weighted by Gasteiger charge is 2.33. The van der Waals surface area contributed by atoms with Crippen molar-refractivity contribution in [1.29, 1.82) is 0 Å². The number of amides is 2. The van der Waals surface area contributed by atoms with E-state index in [-0.39, 0.29) is 50.0 Å². The van der Waals surface area contributed by atoms with Gasteiger partial charge in [0.25, 0.3) is 21.8 Å². The molecular weight excluding hydrogens is 759 g/mol. The number of aromatic nitrogens is 2. The molecule has 12 nitrogen and oxygen atoms in total. The molecule has 0 saturated heterocycles. The lowest BCUT2D eigenvalue weighted by atomic mass is 9.93. The molecule has 0 fully saturated rings. The highest BCUT2D eigenvalue weighted by atomic mass is 32.2. The van der Waals surface area contributed by atoms with E-state index < -0.39 is 31.8 Å². The van der Waals surface area contributed by atoms with Crippen molar-refractivity contribution in [3.8, 4) is 5.69 Å². The van der Waals surface area contributed by atoms with Gasteiger partial charge in [-0.15, -0.1) is 11.3 Å². The van der Waals surface area contributed by atoms with E-state index in [0.717, 1.165) is 54.2 Å². The van der Waals surface area contributed by atoms with Crippen LogP contribution in [0.15, 0.2) is 104 Å². The number of aliphatic hydroxyl groups is 1. The molecule has 3 heterocycles. The van der Waals surface area contributed by atoms with Gasteiger partial charge >= 0.3 is 0 Å². The van der Waals surface area contributed by atoms with Crippen molar-refractivity contribution in [2.45, 2.75) is 79.5 Å². The molecule has 0 unspecified atom stereocenters. The maximum Gasteiger partial charge on any atom is 0.274 e. The number of carbonyl (C=O) groups excluding carboxylic acids is 2. The van der Waals surface area contributed by atoms with Gasteiger partial charge in [-0.05, 0) is 79.8 Å². The van der Waals surface area contributed by atoms with Crippen molar-refractivity contribution < 1.29 is 31.5 Å². The van der Waals surface area contributed by atoms with E-state index in [1.165, 1.54) is 34.3 Å². The summed E-state index contributed by atoms with van der Waals surface area (Å²) in [6.07, 6.45) is 4.00. The molecule has 2 aromatic heterocycles. The van der Waals surface area contributed by atoms with Crippen LogP contribution in [0.4, 0.5) is 5.69 Å². The van der Waals surface area contributed by atoms with Crippen molar-refractivity contribution in [3.05, 3.63) is 118 Å². The molecule has 1 aliphatic heterocycles. The lowest BCUT2D eigenvalue weighted by molar-refractivity contribution is 0.0544. The Morgan fingerprint density at radius 1 is 0.891 bits per heavy atom. The summed E-state index contributed by atoms with van der Waals surface area (Å²) in [7, 11) is -8.27.